The zero-order chi connectivity index (χ0) is 23.7. The van der Waals surface area contributed by atoms with Gasteiger partial charge < -0.3 is 4.74 Å². The first-order valence-corrected chi connectivity index (χ1v) is 11.9. The average Bonchev–Trinajstić information content (AvgIpc) is 3.60. The molecule has 2 aromatic rings. The minimum Gasteiger partial charge on any atom is -0.454 e. The maximum absolute atomic E-state index is 13.3. The molecule has 6 nitrogen and oxygen atoms in total. The van der Waals surface area contributed by atoms with Gasteiger partial charge in [0, 0.05) is 10.6 Å². The van der Waals surface area contributed by atoms with Crippen molar-refractivity contribution in [2.45, 2.75) is 6.42 Å². The number of carbonyl (C=O) groups is 4. The lowest BCUT2D eigenvalue weighted by Crippen LogP contribution is -2.40. The number of nitrogens with zero attached hydrogens (tertiary/aromatic N) is 1. The van der Waals surface area contributed by atoms with Crippen LogP contribution in [-0.4, -0.2) is 30.2 Å². The lowest BCUT2D eigenvalue weighted by Gasteiger charge is -2.37. The van der Waals surface area contributed by atoms with Crippen LogP contribution >= 0.6 is 23.2 Å². The van der Waals surface area contributed by atoms with E-state index in [1.54, 1.807) is 12.1 Å². The quantitative estimate of drug-likeness (QED) is 0.262. The fraction of sp³-hybridized carbons (Fsp3) is 0.308. The zero-order valence-electron chi connectivity index (χ0n) is 17.8. The van der Waals surface area contributed by atoms with E-state index >= 15 is 0 Å². The number of halogens is 2. The number of hydrogen-bond donors (Lipinski definition) is 0. The summed E-state index contributed by atoms with van der Waals surface area (Å²) in [5, 5.41) is 0.561. The number of benzene rings is 2. The first kappa shape index (κ1) is 21.6. The van der Waals surface area contributed by atoms with Gasteiger partial charge in [0.2, 0.25) is 17.6 Å². The van der Waals surface area contributed by atoms with Crippen LogP contribution in [0.5, 0.6) is 0 Å². The number of Topliss-reactive ketones (excluding diaryl/α,β-unsaturated/α-hetero) is 1. The van der Waals surface area contributed by atoms with Gasteiger partial charge in [-0.2, -0.15) is 0 Å². The Morgan fingerprint density at radius 1 is 0.941 bits per heavy atom. The summed E-state index contributed by atoms with van der Waals surface area (Å²) in [4.78, 5) is 52.9. The van der Waals surface area contributed by atoms with Crippen molar-refractivity contribution in [1.29, 1.82) is 0 Å². The predicted molar refractivity (Wildman–Crippen MR) is 125 cm³/mol. The third-order valence-electron chi connectivity index (χ3n) is 7.57. The Balaban J connectivity index is 1.19. The van der Waals surface area contributed by atoms with Crippen molar-refractivity contribution in [3.63, 3.8) is 0 Å². The van der Waals surface area contributed by atoms with E-state index in [1.807, 2.05) is 0 Å². The lowest BCUT2D eigenvalue weighted by atomic mass is 9.63. The predicted octanol–water partition coefficient (Wildman–Crippen LogP) is 4.59. The highest BCUT2D eigenvalue weighted by Gasteiger charge is 2.67. The molecule has 2 saturated carbocycles. The van der Waals surface area contributed by atoms with E-state index in [0.29, 0.717) is 22.5 Å². The summed E-state index contributed by atoms with van der Waals surface area (Å²) < 4.78 is 5.18. The first-order chi connectivity index (χ1) is 16.3. The molecule has 0 spiro atoms. The van der Waals surface area contributed by atoms with Crippen molar-refractivity contribution in [2.75, 3.05) is 11.5 Å². The molecule has 6 atom stereocenters. The van der Waals surface area contributed by atoms with Crippen LogP contribution in [0.3, 0.4) is 0 Å². The monoisotopic (exact) mass is 495 g/mol. The number of allylic oxidation sites excluding steroid dienone is 2. The minimum absolute atomic E-state index is 0.125. The summed E-state index contributed by atoms with van der Waals surface area (Å²) in [5.74, 6) is -0.952. The van der Waals surface area contributed by atoms with Gasteiger partial charge in [-0.15, -0.1) is 0 Å². The van der Waals surface area contributed by atoms with Gasteiger partial charge in [-0.1, -0.05) is 41.4 Å². The Labute approximate surface area is 205 Å². The number of esters is 1. The number of anilines is 1. The summed E-state index contributed by atoms with van der Waals surface area (Å²) in [7, 11) is 0. The molecule has 1 heterocycles. The second kappa shape index (κ2) is 7.79. The van der Waals surface area contributed by atoms with Crippen LogP contribution in [0, 0.1) is 35.5 Å². The van der Waals surface area contributed by atoms with Crippen molar-refractivity contribution in [2.24, 2.45) is 35.5 Å². The smallest absolute Gasteiger partial charge is 0.338 e. The molecule has 8 heteroatoms. The van der Waals surface area contributed by atoms with Gasteiger partial charge >= 0.3 is 5.97 Å². The minimum atomic E-state index is -0.736. The molecular formula is C26H19Cl2NO5. The van der Waals surface area contributed by atoms with Gasteiger partial charge in [-0.3, -0.25) is 14.4 Å². The maximum atomic E-state index is 13.3. The molecule has 5 aliphatic rings. The van der Waals surface area contributed by atoms with E-state index in [1.165, 1.54) is 35.2 Å². The van der Waals surface area contributed by atoms with Crippen molar-refractivity contribution < 1.29 is 23.9 Å². The van der Waals surface area contributed by atoms with E-state index in [9.17, 15) is 19.2 Å². The van der Waals surface area contributed by atoms with Crippen LogP contribution < -0.4 is 4.90 Å². The molecule has 7 rings (SSSR count). The zero-order valence-corrected chi connectivity index (χ0v) is 19.3. The molecule has 1 saturated heterocycles. The maximum Gasteiger partial charge on any atom is 0.338 e. The molecule has 2 bridgehead atoms. The molecule has 2 aromatic carbocycles. The summed E-state index contributed by atoms with van der Waals surface area (Å²) >= 11 is 11.9. The first-order valence-electron chi connectivity index (χ1n) is 11.2. The molecule has 0 unspecified atom stereocenters. The number of rotatable bonds is 5. The van der Waals surface area contributed by atoms with Gasteiger partial charge in [0.1, 0.15) is 0 Å². The van der Waals surface area contributed by atoms with E-state index in [2.05, 4.69) is 12.2 Å². The molecule has 3 fully saturated rings. The summed E-state index contributed by atoms with van der Waals surface area (Å²) in [6.45, 7) is -0.506. The van der Waals surface area contributed by atoms with Gasteiger partial charge in [0.25, 0.3) is 0 Å². The highest BCUT2D eigenvalue weighted by Crippen LogP contribution is 2.65. The van der Waals surface area contributed by atoms with Crippen molar-refractivity contribution in [3.8, 4) is 0 Å². The van der Waals surface area contributed by atoms with Gasteiger partial charge in [-0.25, -0.2) is 9.69 Å². The molecule has 1 aliphatic heterocycles. The number of imide groups is 1. The number of hydrogen-bond acceptors (Lipinski definition) is 5. The molecule has 172 valence electrons. The fourth-order valence-corrected chi connectivity index (χ4v) is 6.51. The Kier molecular flexibility index (Phi) is 4.94. The third kappa shape index (κ3) is 3.23. The third-order valence-corrected chi connectivity index (χ3v) is 8.12. The van der Waals surface area contributed by atoms with Crippen LogP contribution in [-0.2, 0) is 14.3 Å². The van der Waals surface area contributed by atoms with Crippen LogP contribution in [0.4, 0.5) is 5.69 Å². The molecule has 0 N–H and O–H groups in total. The van der Waals surface area contributed by atoms with E-state index in [4.69, 9.17) is 27.9 Å². The van der Waals surface area contributed by atoms with Crippen LogP contribution in [0.1, 0.15) is 27.1 Å². The highest BCUT2D eigenvalue weighted by molar-refractivity contribution is 6.36. The van der Waals surface area contributed by atoms with Crippen LogP contribution in [0.25, 0.3) is 0 Å². The average molecular weight is 496 g/mol. The molecular weight excluding hydrogens is 477 g/mol. The van der Waals surface area contributed by atoms with E-state index in [0.717, 1.165) is 6.42 Å². The largest absolute Gasteiger partial charge is 0.454 e. The Bertz CT molecular complexity index is 1270. The molecule has 0 aromatic heterocycles. The van der Waals surface area contributed by atoms with E-state index in [-0.39, 0.29) is 51.6 Å². The van der Waals surface area contributed by atoms with Crippen molar-refractivity contribution in [1.82, 2.24) is 0 Å². The highest BCUT2D eigenvalue weighted by atomic mass is 35.5. The molecule has 2 amide bonds. The number of carbonyl (C=O) groups excluding carboxylic acids is 4. The Hall–Kier alpha value is -2.96. The number of amides is 2. The van der Waals surface area contributed by atoms with Crippen LogP contribution in [0.15, 0.2) is 54.6 Å². The second-order valence-electron chi connectivity index (χ2n) is 9.34. The van der Waals surface area contributed by atoms with E-state index < -0.39 is 18.4 Å². The van der Waals surface area contributed by atoms with Crippen molar-refractivity contribution in [3.05, 3.63) is 75.8 Å². The normalized spacial score (nSPS) is 30.2. The lowest BCUT2D eigenvalue weighted by molar-refractivity contribution is -0.124. The van der Waals surface area contributed by atoms with Crippen molar-refractivity contribution >= 4 is 52.5 Å². The van der Waals surface area contributed by atoms with Gasteiger partial charge in [0.15, 0.2) is 6.61 Å². The Morgan fingerprint density at radius 3 is 2.26 bits per heavy atom. The van der Waals surface area contributed by atoms with Gasteiger partial charge in [0.05, 0.1) is 28.1 Å². The second-order valence-corrected chi connectivity index (χ2v) is 10.2. The summed E-state index contributed by atoms with van der Waals surface area (Å²) in [5.41, 5.74) is 0.690. The number of ether oxygens (including phenoxy) is 1. The molecule has 0 radical (unpaired) electrons. The standard InChI is InChI=1S/C26H19Cl2NO5/c27-13-4-5-17(20(28)9-13)21(30)11-34-26(33)12-2-1-3-14(8-12)29-24(31)22-15-6-7-16(19-10-18(15)19)23(22)25(29)32/h1-9,15-16,18-19,22-23H,10-11H2/t15-,16-,18-,19+,22+,23+/m0/s1. The topological polar surface area (TPSA) is 80.8 Å². The SMILES string of the molecule is O=C(OCC(=O)c1ccc(Cl)cc1Cl)c1cccc(N2C(=O)[C@@H]3[C@H]4C=C[C@@H]([C@@H]5C[C@H]45)[C@H]3C2=O)c1. The summed E-state index contributed by atoms with van der Waals surface area (Å²) in [6.07, 6.45) is 5.33. The fourth-order valence-electron chi connectivity index (χ4n) is 5.99. The van der Waals surface area contributed by atoms with Gasteiger partial charge in [-0.05, 0) is 66.5 Å². The molecule has 34 heavy (non-hydrogen) atoms. The van der Waals surface area contributed by atoms with Crippen LogP contribution in [0.2, 0.25) is 10.0 Å². The summed E-state index contributed by atoms with van der Waals surface area (Å²) in [6, 6.07) is 10.6. The molecule has 4 aliphatic carbocycles. The Morgan fingerprint density at radius 2 is 1.62 bits per heavy atom. The number of ketones is 1.